The highest BCUT2D eigenvalue weighted by Crippen LogP contribution is 2.16. The average Bonchev–Trinajstić information content (AvgIpc) is 2.62. The van der Waals surface area contributed by atoms with Crippen LogP contribution in [0.3, 0.4) is 0 Å². The van der Waals surface area contributed by atoms with Gasteiger partial charge in [-0.05, 0) is 36.8 Å². The molecule has 1 atom stereocenters. The SMILES string of the molecule is COCCOc1ccc(NC(=O)CNC(C)c2ccccc2)cc1. The van der Waals surface area contributed by atoms with Gasteiger partial charge in [0.05, 0.1) is 13.2 Å². The molecule has 0 radical (unpaired) electrons. The van der Waals surface area contributed by atoms with Crippen LogP contribution in [0.15, 0.2) is 54.6 Å². The fourth-order valence-electron chi connectivity index (χ4n) is 2.19. The molecule has 0 bridgehead atoms. The van der Waals surface area contributed by atoms with Gasteiger partial charge >= 0.3 is 0 Å². The summed E-state index contributed by atoms with van der Waals surface area (Å²) in [7, 11) is 1.63. The van der Waals surface area contributed by atoms with Gasteiger partial charge in [0.25, 0.3) is 0 Å². The maximum atomic E-state index is 12.0. The first-order valence-electron chi connectivity index (χ1n) is 7.99. The molecule has 0 spiro atoms. The standard InChI is InChI=1S/C19H24N2O3/c1-15(16-6-4-3-5-7-16)20-14-19(22)21-17-8-10-18(11-9-17)24-13-12-23-2/h3-11,15,20H,12-14H2,1-2H3,(H,21,22). The van der Waals surface area contributed by atoms with Crippen LogP contribution in [-0.2, 0) is 9.53 Å². The van der Waals surface area contributed by atoms with Crippen LogP contribution >= 0.6 is 0 Å². The van der Waals surface area contributed by atoms with E-state index in [9.17, 15) is 4.79 Å². The number of amides is 1. The summed E-state index contributed by atoms with van der Waals surface area (Å²) in [6.07, 6.45) is 0. The second kappa shape index (κ2) is 9.70. The molecule has 0 aliphatic heterocycles. The van der Waals surface area contributed by atoms with E-state index in [0.717, 1.165) is 17.0 Å². The summed E-state index contributed by atoms with van der Waals surface area (Å²) in [6.45, 7) is 3.34. The molecule has 0 aliphatic carbocycles. The van der Waals surface area contributed by atoms with Crippen LogP contribution in [0.1, 0.15) is 18.5 Å². The first kappa shape index (κ1) is 18.0. The third kappa shape index (κ3) is 6.02. The van der Waals surface area contributed by atoms with Crippen molar-refractivity contribution in [3.05, 3.63) is 60.2 Å². The molecule has 1 amide bonds. The summed E-state index contributed by atoms with van der Waals surface area (Å²) in [4.78, 5) is 12.0. The van der Waals surface area contributed by atoms with Gasteiger partial charge in [-0.15, -0.1) is 0 Å². The summed E-state index contributed by atoms with van der Waals surface area (Å²) in [5.41, 5.74) is 1.90. The largest absolute Gasteiger partial charge is 0.491 e. The molecule has 0 saturated carbocycles. The molecule has 2 aromatic rings. The molecule has 0 fully saturated rings. The maximum absolute atomic E-state index is 12.0. The van der Waals surface area contributed by atoms with Gasteiger partial charge in [0, 0.05) is 18.8 Å². The smallest absolute Gasteiger partial charge is 0.238 e. The quantitative estimate of drug-likeness (QED) is 0.695. The molecule has 0 aliphatic rings. The van der Waals surface area contributed by atoms with Crippen LogP contribution < -0.4 is 15.4 Å². The highest BCUT2D eigenvalue weighted by atomic mass is 16.5. The lowest BCUT2D eigenvalue weighted by atomic mass is 10.1. The molecule has 1 unspecified atom stereocenters. The topological polar surface area (TPSA) is 59.6 Å². The number of ether oxygens (including phenoxy) is 2. The van der Waals surface area contributed by atoms with Gasteiger partial charge in [0.15, 0.2) is 0 Å². The van der Waals surface area contributed by atoms with Crippen molar-refractivity contribution in [1.29, 1.82) is 0 Å². The van der Waals surface area contributed by atoms with Gasteiger partial charge in [-0.3, -0.25) is 4.79 Å². The molecule has 0 aromatic heterocycles. The van der Waals surface area contributed by atoms with Crippen LogP contribution in [0.5, 0.6) is 5.75 Å². The van der Waals surface area contributed by atoms with Crippen LogP contribution in [0.4, 0.5) is 5.69 Å². The molecule has 24 heavy (non-hydrogen) atoms. The summed E-state index contributed by atoms with van der Waals surface area (Å²) in [5, 5.41) is 6.08. The van der Waals surface area contributed by atoms with E-state index in [1.807, 2.05) is 61.5 Å². The van der Waals surface area contributed by atoms with Gasteiger partial charge in [-0.2, -0.15) is 0 Å². The minimum Gasteiger partial charge on any atom is -0.491 e. The Morgan fingerprint density at radius 3 is 2.42 bits per heavy atom. The van der Waals surface area contributed by atoms with E-state index in [4.69, 9.17) is 9.47 Å². The number of carbonyl (C=O) groups excluding carboxylic acids is 1. The lowest BCUT2D eigenvalue weighted by molar-refractivity contribution is -0.115. The Morgan fingerprint density at radius 1 is 1.04 bits per heavy atom. The number of nitrogens with one attached hydrogen (secondary N) is 2. The minimum absolute atomic E-state index is 0.0779. The van der Waals surface area contributed by atoms with Crippen molar-refractivity contribution in [3.63, 3.8) is 0 Å². The Morgan fingerprint density at radius 2 is 1.75 bits per heavy atom. The Balaban J connectivity index is 1.75. The first-order valence-corrected chi connectivity index (χ1v) is 7.99. The van der Waals surface area contributed by atoms with Crippen LogP contribution in [0.25, 0.3) is 0 Å². The summed E-state index contributed by atoms with van der Waals surface area (Å²) in [6, 6.07) is 17.4. The lowest BCUT2D eigenvalue weighted by Crippen LogP contribution is -2.30. The van der Waals surface area contributed by atoms with Crippen molar-refractivity contribution in [2.45, 2.75) is 13.0 Å². The fraction of sp³-hybridized carbons (Fsp3) is 0.316. The number of methoxy groups -OCH3 is 1. The van der Waals surface area contributed by atoms with Crippen molar-refractivity contribution in [2.75, 3.05) is 32.2 Å². The van der Waals surface area contributed by atoms with E-state index >= 15 is 0 Å². The number of carbonyl (C=O) groups is 1. The van der Waals surface area contributed by atoms with E-state index in [0.29, 0.717) is 13.2 Å². The Labute approximate surface area is 143 Å². The predicted molar refractivity (Wildman–Crippen MR) is 95.3 cm³/mol. The highest BCUT2D eigenvalue weighted by molar-refractivity contribution is 5.92. The number of hydrogen-bond donors (Lipinski definition) is 2. The summed E-state index contributed by atoms with van der Waals surface area (Å²) >= 11 is 0. The van der Waals surface area contributed by atoms with Gasteiger partial charge in [0.1, 0.15) is 12.4 Å². The lowest BCUT2D eigenvalue weighted by Gasteiger charge is -2.14. The normalized spacial score (nSPS) is 11.8. The molecular formula is C19H24N2O3. The van der Waals surface area contributed by atoms with Crippen LogP contribution in [0.2, 0.25) is 0 Å². The number of benzene rings is 2. The van der Waals surface area contributed by atoms with Crippen molar-refractivity contribution < 1.29 is 14.3 Å². The third-order valence-corrected chi connectivity index (χ3v) is 3.56. The second-order valence-corrected chi connectivity index (χ2v) is 5.43. The fourth-order valence-corrected chi connectivity index (χ4v) is 2.19. The third-order valence-electron chi connectivity index (χ3n) is 3.56. The van der Waals surface area contributed by atoms with E-state index in [-0.39, 0.29) is 18.5 Å². The maximum Gasteiger partial charge on any atom is 0.238 e. The molecule has 0 saturated heterocycles. The molecule has 5 nitrogen and oxygen atoms in total. The second-order valence-electron chi connectivity index (χ2n) is 5.43. The van der Waals surface area contributed by atoms with Crippen molar-refractivity contribution >= 4 is 11.6 Å². The molecule has 128 valence electrons. The van der Waals surface area contributed by atoms with Gasteiger partial charge in [-0.1, -0.05) is 30.3 Å². The summed E-state index contributed by atoms with van der Waals surface area (Å²) in [5.74, 6) is 0.673. The van der Waals surface area contributed by atoms with E-state index < -0.39 is 0 Å². The zero-order chi connectivity index (χ0) is 17.2. The zero-order valence-corrected chi connectivity index (χ0v) is 14.1. The Kier molecular flexibility index (Phi) is 7.26. The Bertz CT molecular complexity index is 614. The monoisotopic (exact) mass is 328 g/mol. The minimum atomic E-state index is -0.0779. The average molecular weight is 328 g/mol. The first-order chi connectivity index (χ1) is 11.7. The number of anilines is 1. The van der Waals surface area contributed by atoms with Gasteiger partial charge in [0.2, 0.25) is 5.91 Å². The number of rotatable bonds is 9. The van der Waals surface area contributed by atoms with Crippen LogP contribution in [0, 0.1) is 0 Å². The van der Waals surface area contributed by atoms with Crippen molar-refractivity contribution in [2.24, 2.45) is 0 Å². The zero-order valence-electron chi connectivity index (χ0n) is 14.1. The highest BCUT2D eigenvalue weighted by Gasteiger charge is 2.07. The van der Waals surface area contributed by atoms with Crippen molar-refractivity contribution in [1.82, 2.24) is 5.32 Å². The summed E-state index contributed by atoms with van der Waals surface area (Å²) < 4.78 is 10.4. The number of hydrogen-bond acceptors (Lipinski definition) is 4. The molecule has 2 rings (SSSR count). The molecule has 2 aromatic carbocycles. The van der Waals surface area contributed by atoms with E-state index in [1.165, 1.54) is 0 Å². The van der Waals surface area contributed by atoms with Gasteiger partial charge < -0.3 is 20.1 Å². The molecule has 0 heterocycles. The van der Waals surface area contributed by atoms with E-state index in [2.05, 4.69) is 10.6 Å². The predicted octanol–water partition coefficient (Wildman–Crippen LogP) is 3.00. The molecule has 5 heteroatoms. The van der Waals surface area contributed by atoms with E-state index in [1.54, 1.807) is 7.11 Å². The Hall–Kier alpha value is -2.37. The van der Waals surface area contributed by atoms with Gasteiger partial charge in [-0.25, -0.2) is 0 Å². The van der Waals surface area contributed by atoms with Crippen molar-refractivity contribution in [3.8, 4) is 5.75 Å². The van der Waals surface area contributed by atoms with Crippen LogP contribution in [-0.4, -0.2) is 32.8 Å². The molecular weight excluding hydrogens is 304 g/mol. The molecule has 2 N–H and O–H groups in total.